The standard InChI is InChI=1S/C19H21FN4O2S/c1-4-24-17(16-9-6-10-26-16)21-22-19(24)27-13(2)18(25)23(3)12-14-7-5-8-15(20)11-14/h5-11,13H,4,12H2,1-3H3. The Morgan fingerprint density at radius 3 is 2.81 bits per heavy atom. The minimum absolute atomic E-state index is 0.0607. The lowest BCUT2D eigenvalue weighted by molar-refractivity contribution is -0.129. The first-order valence-corrected chi connectivity index (χ1v) is 9.50. The highest BCUT2D eigenvalue weighted by atomic mass is 32.2. The van der Waals surface area contributed by atoms with Crippen LogP contribution in [-0.2, 0) is 17.9 Å². The third-order valence-corrected chi connectivity index (χ3v) is 5.16. The van der Waals surface area contributed by atoms with E-state index < -0.39 is 0 Å². The van der Waals surface area contributed by atoms with Crippen LogP contribution in [0.1, 0.15) is 19.4 Å². The summed E-state index contributed by atoms with van der Waals surface area (Å²) in [6, 6.07) is 9.88. The van der Waals surface area contributed by atoms with Crippen LogP contribution in [0.3, 0.4) is 0 Å². The van der Waals surface area contributed by atoms with Gasteiger partial charge in [0.2, 0.25) is 5.91 Å². The Morgan fingerprint density at radius 1 is 1.33 bits per heavy atom. The molecule has 3 rings (SSSR count). The number of benzene rings is 1. The highest BCUT2D eigenvalue weighted by molar-refractivity contribution is 8.00. The number of nitrogens with zero attached hydrogens (tertiary/aromatic N) is 4. The normalized spacial score (nSPS) is 12.1. The van der Waals surface area contributed by atoms with Gasteiger partial charge in [0.05, 0.1) is 11.5 Å². The van der Waals surface area contributed by atoms with E-state index in [0.29, 0.717) is 29.8 Å². The lowest BCUT2D eigenvalue weighted by Crippen LogP contribution is -2.33. The van der Waals surface area contributed by atoms with E-state index in [2.05, 4.69) is 10.2 Å². The summed E-state index contributed by atoms with van der Waals surface area (Å²) in [6.45, 7) is 4.82. The summed E-state index contributed by atoms with van der Waals surface area (Å²) in [6.07, 6.45) is 1.59. The Kier molecular flexibility index (Phi) is 5.95. The van der Waals surface area contributed by atoms with E-state index >= 15 is 0 Å². The molecule has 27 heavy (non-hydrogen) atoms. The molecule has 0 saturated heterocycles. The fraction of sp³-hybridized carbons (Fsp3) is 0.316. The van der Waals surface area contributed by atoms with Gasteiger partial charge < -0.3 is 9.32 Å². The summed E-state index contributed by atoms with van der Waals surface area (Å²) in [7, 11) is 1.71. The van der Waals surface area contributed by atoms with Crippen molar-refractivity contribution in [1.82, 2.24) is 19.7 Å². The average Bonchev–Trinajstić information content (AvgIpc) is 3.30. The first-order valence-electron chi connectivity index (χ1n) is 8.62. The lowest BCUT2D eigenvalue weighted by atomic mass is 10.2. The van der Waals surface area contributed by atoms with E-state index in [1.807, 2.05) is 24.5 Å². The number of halogens is 1. The zero-order valence-corrected chi connectivity index (χ0v) is 16.2. The number of hydrogen-bond donors (Lipinski definition) is 0. The van der Waals surface area contributed by atoms with E-state index in [1.54, 1.807) is 36.4 Å². The third kappa shape index (κ3) is 4.39. The molecular weight excluding hydrogens is 367 g/mol. The van der Waals surface area contributed by atoms with Gasteiger partial charge in [-0.3, -0.25) is 9.36 Å². The molecule has 6 nitrogen and oxygen atoms in total. The quantitative estimate of drug-likeness (QED) is 0.576. The van der Waals surface area contributed by atoms with Crippen molar-refractivity contribution in [3.8, 4) is 11.6 Å². The summed E-state index contributed by atoms with van der Waals surface area (Å²) in [5, 5.41) is 8.71. The largest absolute Gasteiger partial charge is 0.461 e. The van der Waals surface area contributed by atoms with Crippen LogP contribution in [0, 0.1) is 5.82 Å². The van der Waals surface area contributed by atoms with Crippen molar-refractivity contribution in [2.75, 3.05) is 7.05 Å². The molecule has 1 amide bonds. The average molecular weight is 388 g/mol. The maximum absolute atomic E-state index is 13.3. The molecular formula is C19H21FN4O2S. The smallest absolute Gasteiger partial charge is 0.235 e. The molecule has 0 bridgehead atoms. The predicted octanol–water partition coefficient (Wildman–Crippen LogP) is 3.84. The zero-order chi connectivity index (χ0) is 19.4. The molecule has 0 saturated carbocycles. The second-order valence-corrected chi connectivity index (χ2v) is 7.42. The Morgan fingerprint density at radius 2 is 2.15 bits per heavy atom. The number of amides is 1. The Hall–Kier alpha value is -2.61. The van der Waals surface area contributed by atoms with Crippen molar-refractivity contribution in [3.63, 3.8) is 0 Å². The molecule has 8 heteroatoms. The molecule has 3 aromatic rings. The molecule has 1 atom stereocenters. The second kappa shape index (κ2) is 8.39. The highest BCUT2D eigenvalue weighted by Gasteiger charge is 2.23. The van der Waals surface area contributed by atoms with Crippen molar-refractivity contribution < 1.29 is 13.6 Å². The van der Waals surface area contributed by atoms with Gasteiger partial charge in [0.15, 0.2) is 16.7 Å². The minimum atomic E-state index is -0.359. The van der Waals surface area contributed by atoms with Gasteiger partial charge in [-0.15, -0.1) is 10.2 Å². The predicted molar refractivity (Wildman–Crippen MR) is 102 cm³/mol. The molecule has 0 aliphatic carbocycles. The van der Waals surface area contributed by atoms with Crippen LogP contribution in [0.2, 0.25) is 0 Å². The van der Waals surface area contributed by atoms with Crippen molar-refractivity contribution in [1.29, 1.82) is 0 Å². The van der Waals surface area contributed by atoms with Crippen LogP contribution in [0.4, 0.5) is 4.39 Å². The van der Waals surface area contributed by atoms with Gasteiger partial charge in [-0.25, -0.2) is 4.39 Å². The molecule has 0 N–H and O–H groups in total. The minimum Gasteiger partial charge on any atom is -0.461 e. The number of hydrogen-bond acceptors (Lipinski definition) is 5. The number of carbonyl (C=O) groups excluding carboxylic acids is 1. The lowest BCUT2D eigenvalue weighted by Gasteiger charge is -2.21. The Bertz CT molecular complexity index is 910. The van der Waals surface area contributed by atoms with Crippen LogP contribution in [0.25, 0.3) is 11.6 Å². The molecule has 0 aliphatic rings. The van der Waals surface area contributed by atoms with E-state index in [0.717, 1.165) is 5.56 Å². The topological polar surface area (TPSA) is 64.2 Å². The van der Waals surface area contributed by atoms with Gasteiger partial charge >= 0.3 is 0 Å². The molecule has 1 aromatic carbocycles. The summed E-state index contributed by atoms with van der Waals surface area (Å²) in [5.41, 5.74) is 0.750. The summed E-state index contributed by atoms with van der Waals surface area (Å²) >= 11 is 1.35. The maximum Gasteiger partial charge on any atom is 0.235 e. The van der Waals surface area contributed by atoms with Crippen LogP contribution in [0.5, 0.6) is 0 Å². The molecule has 0 spiro atoms. The Labute approximate surface area is 161 Å². The van der Waals surface area contributed by atoms with Crippen molar-refractivity contribution in [2.24, 2.45) is 0 Å². The fourth-order valence-corrected chi connectivity index (χ4v) is 3.78. The van der Waals surface area contributed by atoms with Crippen molar-refractivity contribution in [3.05, 3.63) is 54.0 Å². The molecule has 1 unspecified atom stereocenters. The molecule has 142 valence electrons. The highest BCUT2D eigenvalue weighted by Crippen LogP contribution is 2.27. The molecule has 0 aliphatic heterocycles. The van der Waals surface area contributed by atoms with Crippen molar-refractivity contribution >= 4 is 17.7 Å². The maximum atomic E-state index is 13.3. The van der Waals surface area contributed by atoms with E-state index in [1.165, 1.54) is 23.9 Å². The number of aromatic nitrogens is 3. The molecule has 0 radical (unpaired) electrons. The first kappa shape index (κ1) is 19.2. The number of rotatable bonds is 7. The monoisotopic (exact) mass is 388 g/mol. The van der Waals surface area contributed by atoms with Gasteiger partial charge in [-0.1, -0.05) is 23.9 Å². The summed E-state index contributed by atoms with van der Waals surface area (Å²) in [5.74, 6) is 0.905. The number of furan rings is 1. The van der Waals surface area contributed by atoms with Crippen LogP contribution < -0.4 is 0 Å². The van der Waals surface area contributed by atoms with Crippen LogP contribution in [0.15, 0.2) is 52.2 Å². The van der Waals surface area contributed by atoms with E-state index in [-0.39, 0.29) is 17.0 Å². The molecule has 2 heterocycles. The SMILES string of the molecule is CCn1c(SC(C)C(=O)N(C)Cc2cccc(F)c2)nnc1-c1ccco1. The van der Waals surface area contributed by atoms with Crippen molar-refractivity contribution in [2.45, 2.75) is 37.3 Å². The summed E-state index contributed by atoms with van der Waals surface area (Å²) in [4.78, 5) is 14.3. The molecule has 0 fully saturated rings. The second-order valence-electron chi connectivity index (χ2n) is 6.11. The Balaban J connectivity index is 1.69. The van der Waals surface area contributed by atoms with Gasteiger partial charge in [0.1, 0.15) is 5.82 Å². The zero-order valence-electron chi connectivity index (χ0n) is 15.4. The number of thioether (sulfide) groups is 1. The van der Waals surface area contributed by atoms with Gasteiger partial charge in [0.25, 0.3) is 0 Å². The van der Waals surface area contributed by atoms with Gasteiger partial charge in [-0.05, 0) is 43.7 Å². The fourth-order valence-electron chi connectivity index (χ4n) is 2.75. The van der Waals surface area contributed by atoms with Gasteiger partial charge in [-0.2, -0.15) is 0 Å². The molecule has 2 aromatic heterocycles. The van der Waals surface area contributed by atoms with Crippen LogP contribution >= 0.6 is 11.8 Å². The van der Waals surface area contributed by atoms with Crippen LogP contribution in [-0.4, -0.2) is 37.9 Å². The van der Waals surface area contributed by atoms with Gasteiger partial charge in [0, 0.05) is 20.1 Å². The first-order chi connectivity index (χ1) is 13.0. The van der Waals surface area contributed by atoms with E-state index in [9.17, 15) is 9.18 Å². The third-order valence-electron chi connectivity index (χ3n) is 4.09. The summed E-state index contributed by atoms with van der Waals surface area (Å²) < 4.78 is 20.7. The number of carbonyl (C=O) groups is 1. The van der Waals surface area contributed by atoms with E-state index in [4.69, 9.17) is 4.42 Å².